The second-order valence-corrected chi connectivity index (χ2v) is 6.44. The first kappa shape index (κ1) is 14.3. The van der Waals surface area contributed by atoms with Crippen molar-refractivity contribution < 1.29 is 5.11 Å². The Hall–Kier alpha value is -0.120. The number of aliphatic hydroxyl groups is 1. The first-order valence-corrected chi connectivity index (χ1v) is 7.80. The molecule has 0 aromatic rings. The Kier molecular flexibility index (Phi) is 5.93. The topological polar surface area (TPSA) is 35.5 Å². The maximum atomic E-state index is 9.09. The number of aliphatic hydroxyl groups excluding tert-OH is 1. The normalized spacial score (nSPS) is 31.7. The summed E-state index contributed by atoms with van der Waals surface area (Å²) < 4.78 is 0. The minimum Gasteiger partial charge on any atom is -0.396 e. The average molecular weight is 254 g/mol. The molecule has 0 aromatic carbocycles. The lowest BCUT2D eigenvalue weighted by atomic mass is 9.88. The van der Waals surface area contributed by atoms with Crippen molar-refractivity contribution in [2.75, 3.05) is 33.3 Å². The minimum atomic E-state index is 0.341. The maximum absolute atomic E-state index is 9.09. The van der Waals surface area contributed by atoms with Crippen LogP contribution >= 0.6 is 0 Å². The fourth-order valence-electron chi connectivity index (χ4n) is 3.71. The summed E-state index contributed by atoms with van der Waals surface area (Å²) in [4.78, 5) is 2.42. The third-order valence-corrected chi connectivity index (χ3v) is 4.68. The van der Waals surface area contributed by atoms with E-state index in [0.717, 1.165) is 18.9 Å². The van der Waals surface area contributed by atoms with Gasteiger partial charge in [0, 0.05) is 25.7 Å². The van der Waals surface area contributed by atoms with Crippen LogP contribution in [0, 0.1) is 11.8 Å². The Morgan fingerprint density at radius 3 is 2.61 bits per heavy atom. The molecule has 3 nitrogen and oxygen atoms in total. The molecule has 0 amide bonds. The number of rotatable bonds is 5. The van der Waals surface area contributed by atoms with Crippen LogP contribution in [0.3, 0.4) is 0 Å². The zero-order valence-corrected chi connectivity index (χ0v) is 11.9. The van der Waals surface area contributed by atoms with Gasteiger partial charge in [0.2, 0.25) is 0 Å². The van der Waals surface area contributed by atoms with Gasteiger partial charge in [0.25, 0.3) is 0 Å². The van der Waals surface area contributed by atoms with Crippen LogP contribution in [0.5, 0.6) is 0 Å². The van der Waals surface area contributed by atoms with E-state index in [4.69, 9.17) is 5.11 Å². The van der Waals surface area contributed by atoms with Crippen LogP contribution < -0.4 is 5.32 Å². The van der Waals surface area contributed by atoms with Gasteiger partial charge in [0.15, 0.2) is 0 Å². The molecule has 2 rings (SSSR count). The first-order valence-electron chi connectivity index (χ1n) is 7.80. The van der Waals surface area contributed by atoms with Crippen molar-refractivity contribution >= 4 is 0 Å². The van der Waals surface area contributed by atoms with Gasteiger partial charge in [-0.05, 0) is 51.1 Å². The zero-order valence-electron chi connectivity index (χ0n) is 11.9. The standard InChI is InChI=1S/C15H30N2O/c1-17-11-14(7-8-18)9-15(12-17)16-10-13-5-3-2-4-6-13/h13-16,18H,2-12H2,1H3. The lowest BCUT2D eigenvalue weighted by Crippen LogP contribution is -2.49. The fraction of sp³-hybridized carbons (Fsp3) is 1.00. The number of nitrogens with zero attached hydrogens (tertiary/aromatic N) is 1. The van der Waals surface area contributed by atoms with Crippen LogP contribution in [-0.2, 0) is 0 Å². The maximum Gasteiger partial charge on any atom is 0.0434 e. The molecule has 106 valence electrons. The number of piperidine rings is 1. The summed E-state index contributed by atoms with van der Waals surface area (Å²) in [6.45, 7) is 3.88. The Labute approximate surface area is 112 Å². The van der Waals surface area contributed by atoms with Crippen LogP contribution in [0.15, 0.2) is 0 Å². The number of likely N-dealkylation sites (tertiary alicyclic amines) is 1. The molecule has 1 aliphatic carbocycles. The van der Waals surface area contributed by atoms with Crippen LogP contribution in [0.25, 0.3) is 0 Å². The average Bonchev–Trinajstić information content (AvgIpc) is 2.37. The molecule has 2 fully saturated rings. The Morgan fingerprint density at radius 2 is 1.89 bits per heavy atom. The molecular formula is C15H30N2O. The zero-order chi connectivity index (χ0) is 12.8. The van der Waals surface area contributed by atoms with Gasteiger partial charge in [0.05, 0.1) is 0 Å². The smallest absolute Gasteiger partial charge is 0.0434 e. The second-order valence-electron chi connectivity index (χ2n) is 6.44. The van der Waals surface area contributed by atoms with E-state index in [1.807, 2.05) is 0 Å². The van der Waals surface area contributed by atoms with Crippen molar-refractivity contribution in [2.45, 2.75) is 51.0 Å². The lowest BCUT2D eigenvalue weighted by Gasteiger charge is -2.37. The highest BCUT2D eigenvalue weighted by Gasteiger charge is 2.25. The largest absolute Gasteiger partial charge is 0.396 e. The third-order valence-electron chi connectivity index (χ3n) is 4.68. The molecule has 2 N–H and O–H groups in total. The molecule has 1 saturated carbocycles. The van der Waals surface area contributed by atoms with Gasteiger partial charge in [-0.25, -0.2) is 0 Å². The third kappa shape index (κ3) is 4.52. The lowest BCUT2D eigenvalue weighted by molar-refractivity contribution is 0.139. The van der Waals surface area contributed by atoms with Gasteiger partial charge < -0.3 is 15.3 Å². The summed E-state index contributed by atoms with van der Waals surface area (Å²) in [5.41, 5.74) is 0. The van der Waals surface area contributed by atoms with Crippen molar-refractivity contribution in [3.05, 3.63) is 0 Å². The SMILES string of the molecule is CN1CC(CCO)CC(NCC2CCCCC2)C1. The van der Waals surface area contributed by atoms with E-state index in [1.54, 1.807) is 0 Å². The summed E-state index contributed by atoms with van der Waals surface area (Å²) in [6.07, 6.45) is 9.38. The van der Waals surface area contributed by atoms with Gasteiger partial charge in [-0.3, -0.25) is 0 Å². The monoisotopic (exact) mass is 254 g/mol. The van der Waals surface area contributed by atoms with E-state index in [0.29, 0.717) is 18.6 Å². The summed E-state index contributed by atoms with van der Waals surface area (Å²) in [6, 6.07) is 0.641. The highest BCUT2D eigenvalue weighted by atomic mass is 16.3. The van der Waals surface area contributed by atoms with E-state index in [1.165, 1.54) is 51.6 Å². The van der Waals surface area contributed by atoms with Gasteiger partial charge in [-0.15, -0.1) is 0 Å². The molecule has 0 radical (unpaired) electrons. The molecule has 1 aliphatic heterocycles. The van der Waals surface area contributed by atoms with E-state index in [9.17, 15) is 0 Å². The van der Waals surface area contributed by atoms with Gasteiger partial charge >= 0.3 is 0 Å². The van der Waals surface area contributed by atoms with Crippen LogP contribution in [0.4, 0.5) is 0 Å². The predicted molar refractivity (Wildman–Crippen MR) is 75.7 cm³/mol. The van der Waals surface area contributed by atoms with Crippen molar-refractivity contribution in [3.63, 3.8) is 0 Å². The number of likely N-dealkylation sites (N-methyl/N-ethyl adjacent to an activating group) is 1. The van der Waals surface area contributed by atoms with Gasteiger partial charge in [0.1, 0.15) is 0 Å². The number of hydrogen-bond donors (Lipinski definition) is 2. The Balaban J connectivity index is 1.70. The van der Waals surface area contributed by atoms with E-state index in [2.05, 4.69) is 17.3 Å². The highest BCUT2D eigenvalue weighted by Crippen LogP contribution is 2.24. The van der Waals surface area contributed by atoms with E-state index < -0.39 is 0 Å². The number of nitrogens with one attached hydrogen (secondary N) is 1. The van der Waals surface area contributed by atoms with Crippen molar-refractivity contribution in [2.24, 2.45) is 11.8 Å². The molecular weight excluding hydrogens is 224 g/mol. The fourth-order valence-corrected chi connectivity index (χ4v) is 3.71. The minimum absolute atomic E-state index is 0.341. The van der Waals surface area contributed by atoms with Crippen LogP contribution in [0.2, 0.25) is 0 Å². The molecule has 1 saturated heterocycles. The molecule has 2 atom stereocenters. The second kappa shape index (κ2) is 7.46. The molecule has 0 spiro atoms. The van der Waals surface area contributed by atoms with Gasteiger partial charge in [-0.1, -0.05) is 19.3 Å². The van der Waals surface area contributed by atoms with Crippen LogP contribution in [0.1, 0.15) is 44.9 Å². The molecule has 1 heterocycles. The van der Waals surface area contributed by atoms with E-state index in [-0.39, 0.29) is 0 Å². The van der Waals surface area contributed by atoms with Crippen molar-refractivity contribution in [1.82, 2.24) is 10.2 Å². The Morgan fingerprint density at radius 1 is 1.11 bits per heavy atom. The first-order chi connectivity index (χ1) is 8.78. The quantitative estimate of drug-likeness (QED) is 0.786. The summed E-state index contributed by atoms with van der Waals surface area (Å²) in [7, 11) is 2.21. The predicted octanol–water partition coefficient (Wildman–Crippen LogP) is 1.86. The Bertz CT molecular complexity index is 229. The molecule has 2 unspecified atom stereocenters. The van der Waals surface area contributed by atoms with Crippen molar-refractivity contribution in [3.8, 4) is 0 Å². The summed E-state index contributed by atoms with van der Waals surface area (Å²) in [5, 5.41) is 12.9. The molecule has 18 heavy (non-hydrogen) atoms. The summed E-state index contributed by atoms with van der Waals surface area (Å²) >= 11 is 0. The van der Waals surface area contributed by atoms with Crippen LogP contribution in [-0.4, -0.2) is 49.3 Å². The molecule has 3 heteroatoms. The molecule has 2 aliphatic rings. The highest BCUT2D eigenvalue weighted by molar-refractivity contribution is 4.83. The van der Waals surface area contributed by atoms with Gasteiger partial charge in [-0.2, -0.15) is 0 Å². The molecule has 0 bridgehead atoms. The van der Waals surface area contributed by atoms with Crippen molar-refractivity contribution in [1.29, 1.82) is 0 Å². The number of hydrogen-bond acceptors (Lipinski definition) is 3. The molecule has 0 aromatic heterocycles. The summed E-state index contributed by atoms with van der Waals surface area (Å²) in [5.74, 6) is 1.60. The van der Waals surface area contributed by atoms with E-state index >= 15 is 0 Å².